The highest BCUT2D eigenvalue weighted by molar-refractivity contribution is 9.10. The van der Waals surface area contributed by atoms with Gasteiger partial charge in [0.15, 0.2) is 0 Å². The largest absolute Gasteiger partial charge is 0.508 e. The highest BCUT2D eigenvalue weighted by atomic mass is 79.9. The number of phenolic OH excluding ortho intramolecular Hbond substituents is 1. The summed E-state index contributed by atoms with van der Waals surface area (Å²) in [7, 11) is 0. The standard InChI is InChI=1S/C15H15BrN2O2/c1-9(10-3-2-4-12(19)7-10)18-15(20)13-8-11(17)5-6-14(13)16/h2-9,19H,17H2,1H3,(H,18,20). The van der Waals surface area contributed by atoms with E-state index >= 15 is 0 Å². The van der Waals surface area contributed by atoms with Crippen molar-refractivity contribution in [1.82, 2.24) is 5.32 Å². The SMILES string of the molecule is CC(NC(=O)c1cc(N)ccc1Br)c1cccc(O)c1. The fourth-order valence-electron chi connectivity index (χ4n) is 1.87. The molecule has 0 fully saturated rings. The quantitative estimate of drug-likeness (QED) is 0.754. The number of hydrogen-bond acceptors (Lipinski definition) is 3. The number of rotatable bonds is 3. The Hall–Kier alpha value is -2.01. The maximum Gasteiger partial charge on any atom is 0.252 e. The van der Waals surface area contributed by atoms with Crippen molar-refractivity contribution < 1.29 is 9.90 Å². The van der Waals surface area contributed by atoms with Gasteiger partial charge in [-0.3, -0.25) is 4.79 Å². The van der Waals surface area contributed by atoms with Gasteiger partial charge in [0.05, 0.1) is 11.6 Å². The Morgan fingerprint density at radius 3 is 2.75 bits per heavy atom. The first-order chi connectivity index (χ1) is 9.47. The van der Waals surface area contributed by atoms with Crippen molar-refractivity contribution in [3.05, 3.63) is 58.1 Å². The van der Waals surface area contributed by atoms with Crippen molar-refractivity contribution in [2.75, 3.05) is 5.73 Å². The van der Waals surface area contributed by atoms with Crippen LogP contribution in [-0.2, 0) is 0 Å². The smallest absolute Gasteiger partial charge is 0.252 e. The lowest BCUT2D eigenvalue weighted by atomic mass is 10.1. The van der Waals surface area contributed by atoms with E-state index in [0.29, 0.717) is 15.7 Å². The maximum atomic E-state index is 12.2. The van der Waals surface area contributed by atoms with E-state index in [0.717, 1.165) is 5.56 Å². The van der Waals surface area contributed by atoms with Gasteiger partial charge in [0.1, 0.15) is 5.75 Å². The van der Waals surface area contributed by atoms with Gasteiger partial charge >= 0.3 is 0 Å². The third-order valence-corrected chi connectivity index (χ3v) is 3.64. The maximum absolute atomic E-state index is 12.2. The number of nitrogens with one attached hydrogen (secondary N) is 1. The van der Waals surface area contributed by atoms with Crippen molar-refractivity contribution in [1.29, 1.82) is 0 Å². The van der Waals surface area contributed by atoms with Gasteiger partial charge in [-0.15, -0.1) is 0 Å². The summed E-state index contributed by atoms with van der Waals surface area (Å²) < 4.78 is 0.687. The number of aromatic hydroxyl groups is 1. The van der Waals surface area contributed by atoms with Crippen LogP contribution >= 0.6 is 15.9 Å². The van der Waals surface area contributed by atoms with Crippen LogP contribution in [0.2, 0.25) is 0 Å². The van der Waals surface area contributed by atoms with E-state index in [-0.39, 0.29) is 17.7 Å². The summed E-state index contributed by atoms with van der Waals surface area (Å²) in [5.74, 6) is -0.0475. The number of amides is 1. The number of anilines is 1. The minimum Gasteiger partial charge on any atom is -0.508 e. The third kappa shape index (κ3) is 3.30. The molecule has 1 unspecified atom stereocenters. The van der Waals surface area contributed by atoms with Gasteiger partial charge in [0.2, 0.25) is 0 Å². The number of hydrogen-bond donors (Lipinski definition) is 3. The Morgan fingerprint density at radius 2 is 2.05 bits per heavy atom. The van der Waals surface area contributed by atoms with Crippen LogP contribution in [0.5, 0.6) is 5.75 Å². The average molecular weight is 335 g/mol. The Bertz CT molecular complexity index is 644. The molecule has 0 aliphatic heterocycles. The summed E-state index contributed by atoms with van der Waals surface area (Å²) in [6.45, 7) is 1.85. The first-order valence-electron chi connectivity index (χ1n) is 6.12. The van der Waals surface area contributed by atoms with E-state index in [1.54, 1.807) is 36.4 Å². The van der Waals surface area contributed by atoms with Crippen molar-refractivity contribution >= 4 is 27.5 Å². The third-order valence-electron chi connectivity index (χ3n) is 2.95. The summed E-state index contributed by atoms with van der Waals surface area (Å²) in [5, 5.41) is 12.3. The van der Waals surface area contributed by atoms with Gasteiger partial charge in [-0.1, -0.05) is 12.1 Å². The number of nitrogens with two attached hydrogens (primary N) is 1. The van der Waals surface area contributed by atoms with Gasteiger partial charge in [0, 0.05) is 10.2 Å². The minimum absolute atomic E-state index is 0.175. The number of carbonyl (C=O) groups excluding carboxylic acids is 1. The predicted molar refractivity (Wildman–Crippen MR) is 82.5 cm³/mol. The van der Waals surface area contributed by atoms with E-state index in [4.69, 9.17) is 5.73 Å². The molecule has 2 aromatic carbocycles. The summed E-state index contributed by atoms with van der Waals surface area (Å²) in [6.07, 6.45) is 0. The first-order valence-corrected chi connectivity index (χ1v) is 6.91. The van der Waals surface area contributed by atoms with E-state index < -0.39 is 0 Å². The van der Waals surface area contributed by atoms with Gasteiger partial charge in [0.25, 0.3) is 5.91 Å². The van der Waals surface area contributed by atoms with Crippen LogP contribution in [0.15, 0.2) is 46.9 Å². The van der Waals surface area contributed by atoms with Crippen LogP contribution in [-0.4, -0.2) is 11.0 Å². The molecule has 4 nitrogen and oxygen atoms in total. The molecule has 20 heavy (non-hydrogen) atoms. The van der Waals surface area contributed by atoms with Crippen molar-refractivity contribution in [2.24, 2.45) is 0 Å². The Labute approximate surface area is 125 Å². The zero-order chi connectivity index (χ0) is 14.7. The fraction of sp³-hybridized carbons (Fsp3) is 0.133. The summed E-state index contributed by atoms with van der Waals surface area (Å²) >= 11 is 3.33. The molecule has 0 saturated heterocycles. The topological polar surface area (TPSA) is 75.4 Å². The molecule has 0 spiro atoms. The number of carbonyl (C=O) groups is 1. The second kappa shape index (κ2) is 5.96. The van der Waals surface area contributed by atoms with Crippen LogP contribution < -0.4 is 11.1 Å². The zero-order valence-corrected chi connectivity index (χ0v) is 12.5. The number of nitrogen functional groups attached to an aromatic ring is 1. The molecular formula is C15H15BrN2O2. The molecule has 1 atom stereocenters. The highest BCUT2D eigenvalue weighted by Crippen LogP contribution is 2.22. The highest BCUT2D eigenvalue weighted by Gasteiger charge is 2.14. The van der Waals surface area contributed by atoms with Crippen LogP contribution in [0.25, 0.3) is 0 Å². The second-order valence-corrected chi connectivity index (χ2v) is 5.38. The second-order valence-electron chi connectivity index (χ2n) is 4.53. The molecule has 0 heterocycles. The molecule has 2 rings (SSSR count). The average Bonchev–Trinajstić information content (AvgIpc) is 2.41. The number of benzene rings is 2. The Balaban J connectivity index is 2.17. The first kappa shape index (κ1) is 14.4. The summed E-state index contributed by atoms with van der Waals surface area (Å²) in [5.41, 5.74) is 7.54. The molecule has 0 saturated carbocycles. The van der Waals surface area contributed by atoms with E-state index in [1.807, 2.05) is 13.0 Å². The van der Waals surface area contributed by atoms with Gasteiger partial charge in [-0.05, 0) is 58.7 Å². The molecule has 0 aromatic heterocycles. The van der Waals surface area contributed by atoms with E-state index in [9.17, 15) is 9.90 Å². The van der Waals surface area contributed by atoms with E-state index in [2.05, 4.69) is 21.2 Å². The van der Waals surface area contributed by atoms with Crippen molar-refractivity contribution in [2.45, 2.75) is 13.0 Å². The zero-order valence-electron chi connectivity index (χ0n) is 10.9. The van der Waals surface area contributed by atoms with Gasteiger partial charge in [-0.2, -0.15) is 0 Å². The molecule has 0 aliphatic rings. The van der Waals surface area contributed by atoms with Gasteiger partial charge < -0.3 is 16.2 Å². The lowest BCUT2D eigenvalue weighted by Crippen LogP contribution is -2.27. The van der Waals surface area contributed by atoms with Crippen LogP contribution in [0, 0.1) is 0 Å². The minimum atomic E-state index is -0.222. The molecule has 0 bridgehead atoms. The Morgan fingerprint density at radius 1 is 1.30 bits per heavy atom. The lowest BCUT2D eigenvalue weighted by molar-refractivity contribution is 0.0939. The molecule has 0 aliphatic carbocycles. The van der Waals surface area contributed by atoms with E-state index in [1.165, 1.54) is 0 Å². The van der Waals surface area contributed by atoms with Crippen LogP contribution in [0.3, 0.4) is 0 Å². The predicted octanol–water partition coefficient (Wildman–Crippen LogP) is 3.23. The normalized spacial score (nSPS) is 11.9. The van der Waals surface area contributed by atoms with Crippen LogP contribution in [0.1, 0.15) is 28.9 Å². The number of halogens is 1. The summed E-state index contributed by atoms with van der Waals surface area (Å²) in [4.78, 5) is 12.2. The summed E-state index contributed by atoms with van der Waals surface area (Å²) in [6, 6.07) is 11.7. The molecule has 0 radical (unpaired) electrons. The van der Waals surface area contributed by atoms with Crippen LogP contribution in [0.4, 0.5) is 5.69 Å². The molecule has 5 heteroatoms. The van der Waals surface area contributed by atoms with Crippen molar-refractivity contribution in [3.63, 3.8) is 0 Å². The van der Waals surface area contributed by atoms with Crippen molar-refractivity contribution in [3.8, 4) is 5.75 Å². The number of phenols is 1. The van der Waals surface area contributed by atoms with Gasteiger partial charge in [-0.25, -0.2) is 0 Å². The Kier molecular flexibility index (Phi) is 4.29. The monoisotopic (exact) mass is 334 g/mol. The molecule has 104 valence electrons. The molecule has 2 aromatic rings. The lowest BCUT2D eigenvalue weighted by Gasteiger charge is -2.15. The molecule has 4 N–H and O–H groups in total. The fourth-order valence-corrected chi connectivity index (χ4v) is 2.30. The molecular weight excluding hydrogens is 320 g/mol. The molecule has 1 amide bonds.